The van der Waals surface area contributed by atoms with Crippen LogP contribution in [-0.2, 0) is 10.0 Å². The second-order valence-electron chi connectivity index (χ2n) is 6.65. The van der Waals surface area contributed by atoms with Crippen LogP contribution in [0.5, 0.6) is 5.75 Å². The minimum absolute atomic E-state index is 0.0627. The summed E-state index contributed by atoms with van der Waals surface area (Å²) < 4.78 is 33.2. The molecule has 7 nitrogen and oxygen atoms in total. The average molecular weight is 460 g/mol. The molecule has 0 spiro atoms. The molecule has 0 aliphatic rings. The summed E-state index contributed by atoms with van der Waals surface area (Å²) in [5.41, 5.74) is 0.740. The first-order valence-corrected chi connectivity index (χ1v) is 11.4. The summed E-state index contributed by atoms with van der Waals surface area (Å²) in [5, 5.41) is 2.93. The van der Waals surface area contributed by atoms with Crippen LogP contribution in [0.1, 0.15) is 29.0 Å². The first-order chi connectivity index (χ1) is 14.9. The van der Waals surface area contributed by atoms with Gasteiger partial charge in [-0.2, -0.15) is 0 Å². The van der Waals surface area contributed by atoms with Crippen LogP contribution in [0.2, 0.25) is 5.02 Å². The van der Waals surface area contributed by atoms with Crippen LogP contribution in [0, 0.1) is 0 Å². The van der Waals surface area contributed by atoms with E-state index in [0.717, 1.165) is 0 Å². The lowest BCUT2D eigenvalue weighted by Gasteiger charge is -2.15. The van der Waals surface area contributed by atoms with Crippen molar-refractivity contribution in [2.24, 2.45) is 0 Å². The molecule has 1 atom stereocenters. The molecule has 0 saturated heterocycles. The molecule has 0 unspecified atom stereocenters. The zero-order chi connectivity index (χ0) is 22.3. The molecule has 0 radical (unpaired) electrons. The summed E-state index contributed by atoms with van der Waals surface area (Å²) in [7, 11) is -3.85. The molecule has 9 heteroatoms. The second-order valence-corrected chi connectivity index (χ2v) is 8.82. The highest BCUT2D eigenvalue weighted by molar-refractivity contribution is 7.89. The smallest absolute Gasteiger partial charge is 0.253 e. The van der Waals surface area contributed by atoms with E-state index in [1.807, 2.05) is 24.3 Å². The number of carbonyl (C=O) groups is 1. The third-order valence-electron chi connectivity index (χ3n) is 4.38. The van der Waals surface area contributed by atoms with Gasteiger partial charge in [0.1, 0.15) is 12.4 Å². The monoisotopic (exact) mass is 459 g/mol. The van der Waals surface area contributed by atoms with Crippen LogP contribution in [0.4, 0.5) is 0 Å². The normalized spacial score (nSPS) is 12.2. The number of rotatable bonds is 9. The van der Waals surface area contributed by atoms with E-state index in [9.17, 15) is 13.2 Å². The summed E-state index contributed by atoms with van der Waals surface area (Å²) >= 11 is 6.15. The van der Waals surface area contributed by atoms with Crippen molar-refractivity contribution >= 4 is 27.5 Å². The van der Waals surface area contributed by atoms with E-state index >= 15 is 0 Å². The molecule has 1 heterocycles. The maximum atomic E-state index is 12.7. The van der Waals surface area contributed by atoms with Gasteiger partial charge >= 0.3 is 0 Å². The molecule has 1 amide bonds. The molecule has 0 fully saturated rings. The van der Waals surface area contributed by atoms with E-state index in [2.05, 4.69) is 15.0 Å². The molecule has 31 heavy (non-hydrogen) atoms. The molecule has 0 aliphatic carbocycles. The lowest BCUT2D eigenvalue weighted by Crippen LogP contribution is -2.30. The maximum absolute atomic E-state index is 12.7. The van der Waals surface area contributed by atoms with Crippen molar-refractivity contribution in [3.05, 3.63) is 89.2 Å². The first kappa shape index (κ1) is 22.7. The Balaban J connectivity index is 1.65. The van der Waals surface area contributed by atoms with Crippen LogP contribution >= 0.6 is 11.6 Å². The fourth-order valence-corrected chi connectivity index (χ4v) is 4.01. The third-order valence-corrected chi connectivity index (χ3v) is 6.17. The van der Waals surface area contributed by atoms with Gasteiger partial charge in [0.25, 0.3) is 5.91 Å². The van der Waals surface area contributed by atoms with Crippen molar-refractivity contribution in [2.45, 2.75) is 17.9 Å². The van der Waals surface area contributed by atoms with E-state index in [-0.39, 0.29) is 34.7 Å². The van der Waals surface area contributed by atoms with Gasteiger partial charge in [0.15, 0.2) is 0 Å². The predicted molar refractivity (Wildman–Crippen MR) is 119 cm³/mol. The number of nitrogens with one attached hydrogen (secondary N) is 2. The van der Waals surface area contributed by atoms with Gasteiger partial charge in [-0.25, -0.2) is 13.1 Å². The molecule has 3 rings (SSSR count). The molecular weight excluding hydrogens is 438 g/mol. The Morgan fingerprint density at radius 2 is 1.84 bits per heavy atom. The Hall–Kier alpha value is -2.94. The van der Waals surface area contributed by atoms with Crippen molar-refractivity contribution in [2.75, 3.05) is 13.2 Å². The standard InChI is InChI=1S/C22H22ClN3O4S/c1-16(21-9-5-6-12-24-21)26-22(27)19-15-18(10-11-20(19)23)31(28,29)25-13-14-30-17-7-3-2-4-8-17/h2-12,15-16,25H,13-14H2,1H3,(H,26,27)/t16-/m1/s1. The summed E-state index contributed by atoms with van der Waals surface area (Å²) in [6, 6.07) is 18.1. The van der Waals surface area contributed by atoms with Crippen LogP contribution in [0.25, 0.3) is 0 Å². The largest absolute Gasteiger partial charge is 0.492 e. The number of aromatic nitrogens is 1. The van der Waals surface area contributed by atoms with E-state index in [1.165, 1.54) is 18.2 Å². The predicted octanol–water partition coefficient (Wildman–Crippen LogP) is 3.58. The number of pyridine rings is 1. The zero-order valence-electron chi connectivity index (χ0n) is 16.8. The SMILES string of the molecule is C[C@@H](NC(=O)c1cc(S(=O)(=O)NCCOc2ccccc2)ccc1Cl)c1ccccn1. The Morgan fingerprint density at radius 3 is 2.55 bits per heavy atom. The van der Waals surface area contributed by atoms with E-state index in [1.54, 1.807) is 37.4 Å². The number of ether oxygens (including phenoxy) is 1. The average Bonchev–Trinajstić information content (AvgIpc) is 2.78. The molecule has 3 aromatic rings. The maximum Gasteiger partial charge on any atom is 0.253 e. The van der Waals surface area contributed by atoms with E-state index < -0.39 is 15.9 Å². The van der Waals surface area contributed by atoms with Crippen LogP contribution < -0.4 is 14.8 Å². The highest BCUT2D eigenvalue weighted by Crippen LogP contribution is 2.21. The molecule has 1 aromatic heterocycles. The number of sulfonamides is 1. The van der Waals surface area contributed by atoms with Gasteiger partial charge < -0.3 is 10.1 Å². The Kier molecular flexibility index (Phi) is 7.62. The summed E-state index contributed by atoms with van der Waals surface area (Å²) in [4.78, 5) is 16.8. The Labute approximate surface area is 186 Å². The number of hydrogen-bond acceptors (Lipinski definition) is 5. The minimum Gasteiger partial charge on any atom is -0.492 e. The number of halogens is 1. The number of nitrogens with zero attached hydrogens (tertiary/aromatic N) is 1. The number of amides is 1. The van der Waals surface area contributed by atoms with Crippen molar-refractivity contribution in [3.63, 3.8) is 0 Å². The van der Waals surface area contributed by atoms with Gasteiger partial charge in [0.05, 0.1) is 27.2 Å². The molecular formula is C22H22ClN3O4S. The zero-order valence-corrected chi connectivity index (χ0v) is 18.4. The summed E-state index contributed by atoms with van der Waals surface area (Å²) in [6.45, 7) is 2.01. The van der Waals surface area contributed by atoms with Gasteiger partial charge in [0, 0.05) is 12.7 Å². The van der Waals surface area contributed by atoms with Gasteiger partial charge in [-0.15, -0.1) is 0 Å². The Bertz CT molecular complexity index is 1130. The third kappa shape index (κ3) is 6.27. The molecule has 2 aromatic carbocycles. The van der Waals surface area contributed by atoms with Crippen LogP contribution in [-0.4, -0.2) is 32.5 Å². The van der Waals surface area contributed by atoms with Crippen LogP contribution in [0.3, 0.4) is 0 Å². The van der Waals surface area contributed by atoms with E-state index in [0.29, 0.717) is 11.4 Å². The molecule has 2 N–H and O–H groups in total. The lowest BCUT2D eigenvalue weighted by atomic mass is 10.1. The summed E-state index contributed by atoms with van der Waals surface area (Å²) in [6.07, 6.45) is 1.63. The van der Waals surface area contributed by atoms with Gasteiger partial charge in [-0.3, -0.25) is 9.78 Å². The van der Waals surface area contributed by atoms with Crippen molar-refractivity contribution in [3.8, 4) is 5.75 Å². The second kappa shape index (κ2) is 10.4. The highest BCUT2D eigenvalue weighted by atomic mass is 35.5. The molecule has 0 bridgehead atoms. The fraction of sp³-hybridized carbons (Fsp3) is 0.182. The molecule has 0 saturated carbocycles. The lowest BCUT2D eigenvalue weighted by molar-refractivity contribution is 0.0939. The van der Waals surface area contributed by atoms with Crippen molar-refractivity contribution in [1.82, 2.24) is 15.0 Å². The summed E-state index contributed by atoms with van der Waals surface area (Å²) in [5.74, 6) is 0.154. The topological polar surface area (TPSA) is 97.4 Å². The van der Waals surface area contributed by atoms with Gasteiger partial charge in [-0.05, 0) is 49.4 Å². The minimum atomic E-state index is -3.85. The molecule has 162 valence electrons. The van der Waals surface area contributed by atoms with Crippen LogP contribution in [0.15, 0.2) is 77.8 Å². The Morgan fingerprint density at radius 1 is 1.10 bits per heavy atom. The quantitative estimate of drug-likeness (QED) is 0.476. The number of carbonyl (C=O) groups excluding carboxylic acids is 1. The number of hydrogen-bond donors (Lipinski definition) is 2. The van der Waals surface area contributed by atoms with E-state index in [4.69, 9.17) is 16.3 Å². The fourth-order valence-electron chi connectivity index (χ4n) is 2.77. The number of benzene rings is 2. The molecule has 0 aliphatic heterocycles. The number of para-hydroxylation sites is 1. The highest BCUT2D eigenvalue weighted by Gasteiger charge is 2.20. The first-order valence-electron chi connectivity index (χ1n) is 9.55. The van der Waals surface area contributed by atoms with Crippen molar-refractivity contribution < 1.29 is 17.9 Å². The van der Waals surface area contributed by atoms with Gasteiger partial charge in [-0.1, -0.05) is 35.9 Å². The van der Waals surface area contributed by atoms with Gasteiger partial charge in [0.2, 0.25) is 10.0 Å². The van der Waals surface area contributed by atoms with Crippen molar-refractivity contribution in [1.29, 1.82) is 0 Å².